The summed E-state index contributed by atoms with van der Waals surface area (Å²) in [6, 6.07) is 7.21. The van der Waals surface area contributed by atoms with Gasteiger partial charge in [0.1, 0.15) is 0 Å². The number of benzene rings is 1. The Hall–Kier alpha value is -2.04. The fourth-order valence-corrected chi connectivity index (χ4v) is 1.68. The molecule has 0 aliphatic rings. The summed E-state index contributed by atoms with van der Waals surface area (Å²) in [7, 11) is 0. The molecule has 1 aromatic carbocycles. The number of hydrogen-bond donors (Lipinski definition) is 3. The summed E-state index contributed by atoms with van der Waals surface area (Å²) in [5.41, 5.74) is 7.10. The van der Waals surface area contributed by atoms with E-state index in [9.17, 15) is 4.79 Å². The number of carbonyl (C=O) groups is 1. The molecule has 19 heavy (non-hydrogen) atoms. The van der Waals surface area contributed by atoms with Gasteiger partial charge in [-0.2, -0.15) is 0 Å². The van der Waals surface area contributed by atoms with Gasteiger partial charge in [0.2, 0.25) is 5.91 Å². The highest BCUT2D eigenvalue weighted by atomic mass is 16.4. The van der Waals surface area contributed by atoms with Crippen molar-refractivity contribution in [2.45, 2.75) is 39.2 Å². The highest BCUT2D eigenvalue weighted by molar-refractivity contribution is 5.96. The highest BCUT2D eigenvalue weighted by Gasteiger charge is 2.02. The number of amides is 1. The molecular weight excluding hydrogens is 242 g/mol. The molecule has 0 radical (unpaired) electrons. The zero-order chi connectivity index (χ0) is 14.1. The van der Waals surface area contributed by atoms with Crippen molar-refractivity contribution in [3.8, 4) is 0 Å². The number of hydrogen-bond acceptors (Lipinski definition) is 3. The van der Waals surface area contributed by atoms with Crippen LogP contribution in [0.25, 0.3) is 0 Å². The molecule has 0 spiro atoms. The van der Waals surface area contributed by atoms with E-state index in [-0.39, 0.29) is 11.7 Å². The first-order valence-corrected chi connectivity index (χ1v) is 6.51. The van der Waals surface area contributed by atoms with Crippen LogP contribution < -0.4 is 11.1 Å². The van der Waals surface area contributed by atoms with Gasteiger partial charge in [0.05, 0.1) is 0 Å². The van der Waals surface area contributed by atoms with E-state index in [0.29, 0.717) is 18.5 Å². The monoisotopic (exact) mass is 263 g/mol. The number of oxime groups is 1. The van der Waals surface area contributed by atoms with Crippen LogP contribution in [0, 0.1) is 0 Å². The Morgan fingerprint density at radius 3 is 2.58 bits per heavy atom. The molecule has 5 heteroatoms. The first-order valence-electron chi connectivity index (χ1n) is 6.51. The van der Waals surface area contributed by atoms with Gasteiger partial charge in [-0.15, -0.1) is 0 Å². The van der Waals surface area contributed by atoms with E-state index < -0.39 is 0 Å². The van der Waals surface area contributed by atoms with Gasteiger partial charge >= 0.3 is 0 Å². The van der Waals surface area contributed by atoms with E-state index in [1.165, 1.54) is 0 Å². The molecule has 1 rings (SSSR count). The summed E-state index contributed by atoms with van der Waals surface area (Å²) in [6.45, 7) is 2.61. The lowest BCUT2D eigenvalue weighted by Crippen LogP contribution is -2.22. The number of nitrogens with two attached hydrogens (primary N) is 1. The molecule has 1 aromatic rings. The summed E-state index contributed by atoms with van der Waals surface area (Å²) in [5, 5.41) is 14.3. The van der Waals surface area contributed by atoms with E-state index >= 15 is 0 Å². The van der Waals surface area contributed by atoms with Crippen molar-refractivity contribution in [1.29, 1.82) is 0 Å². The van der Waals surface area contributed by atoms with Crippen LogP contribution >= 0.6 is 0 Å². The summed E-state index contributed by atoms with van der Waals surface area (Å²) in [4.78, 5) is 11.5. The van der Waals surface area contributed by atoms with Crippen LogP contribution in [0.1, 0.15) is 43.7 Å². The van der Waals surface area contributed by atoms with E-state index in [1.807, 2.05) is 12.1 Å². The molecule has 4 N–H and O–H groups in total. The molecule has 0 aliphatic carbocycles. The van der Waals surface area contributed by atoms with Crippen molar-refractivity contribution >= 4 is 11.7 Å². The third-order valence-corrected chi connectivity index (χ3v) is 2.85. The zero-order valence-electron chi connectivity index (χ0n) is 11.2. The summed E-state index contributed by atoms with van der Waals surface area (Å²) in [5.74, 6) is 0.157. The average molecular weight is 263 g/mol. The lowest BCUT2D eigenvalue weighted by molar-refractivity contribution is -0.121. The Labute approximate surface area is 113 Å². The molecule has 0 saturated heterocycles. The molecule has 0 saturated carbocycles. The minimum atomic E-state index is 0.0777. The smallest absolute Gasteiger partial charge is 0.220 e. The number of carbonyl (C=O) groups excluding carboxylic acids is 1. The minimum Gasteiger partial charge on any atom is -0.409 e. The number of nitrogens with zero attached hydrogens (tertiary/aromatic N) is 1. The van der Waals surface area contributed by atoms with Crippen molar-refractivity contribution in [3.05, 3.63) is 35.4 Å². The molecule has 0 aromatic heterocycles. The molecule has 0 aliphatic heterocycles. The van der Waals surface area contributed by atoms with Crippen LogP contribution in [0.3, 0.4) is 0 Å². The fourth-order valence-electron chi connectivity index (χ4n) is 1.68. The zero-order valence-corrected chi connectivity index (χ0v) is 11.2. The van der Waals surface area contributed by atoms with Crippen molar-refractivity contribution < 1.29 is 10.0 Å². The van der Waals surface area contributed by atoms with E-state index in [0.717, 1.165) is 24.8 Å². The maximum absolute atomic E-state index is 11.5. The van der Waals surface area contributed by atoms with E-state index in [2.05, 4.69) is 17.4 Å². The predicted molar refractivity (Wildman–Crippen MR) is 74.9 cm³/mol. The lowest BCUT2D eigenvalue weighted by Gasteiger charge is -2.06. The van der Waals surface area contributed by atoms with Crippen molar-refractivity contribution in [2.24, 2.45) is 10.9 Å². The van der Waals surface area contributed by atoms with Gasteiger partial charge in [-0.25, -0.2) is 0 Å². The van der Waals surface area contributed by atoms with E-state index in [1.54, 1.807) is 12.1 Å². The molecule has 104 valence electrons. The molecule has 0 atom stereocenters. The number of rotatable bonds is 7. The van der Waals surface area contributed by atoms with Gasteiger partial charge in [0.15, 0.2) is 5.84 Å². The minimum absolute atomic E-state index is 0.0777. The molecule has 0 fully saturated rings. The lowest BCUT2D eigenvalue weighted by atomic mass is 10.1. The van der Waals surface area contributed by atoms with Crippen molar-refractivity contribution in [2.75, 3.05) is 0 Å². The normalized spacial score (nSPS) is 11.3. The molecule has 0 unspecified atom stereocenters. The number of unbranched alkanes of at least 4 members (excludes halogenated alkanes) is 2. The molecule has 1 amide bonds. The summed E-state index contributed by atoms with van der Waals surface area (Å²) < 4.78 is 0. The molecule has 5 nitrogen and oxygen atoms in total. The second-order valence-electron chi connectivity index (χ2n) is 4.42. The van der Waals surface area contributed by atoms with E-state index in [4.69, 9.17) is 10.9 Å². The van der Waals surface area contributed by atoms with Crippen LogP contribution in [0.5, 0.6) is 0 Å². The van der Waals surface area contributed by atoms with Gasteiger partial charge in [-0.3, -0.25) is 4.79 Å². The Balaban J connectivity index is 2.39. The Morgan fingerprint density at radius 1 is 1.32 bits per heavy atom. The second kappa shape index (κ2) is 8.13. The third kappa shape index (κ3) is 5.42. The fraction of sp³-hybridized carbons (Fsp3) is 0.429. The first kappa shape index (κ1) is 15.0. The number of amidine groups is 1. The van der Waals surface area contributed by atoms with Crippen molar-refractivity contribution in [3.63, 3.8) is 0 Å². The highest BCUT2D eigenvalue weighted by Crippen LogP contribution is 2.05. The Morgan fingerprint density at radius 2 is 2.00 bits per heavy atom. The van der Waals surface area contributed by atoms with Crippen LogP contribution in [0.4, 0.5) is 0 Å². The van der Waals surface area contributed by atoms with Crippen LogP contribution in [0.15, 0.2) is 29.4 Å². The Bertz CT molecular complexity index is 427. The standard InChI is InChI=1S/C14H21N3O2/c1-2-3-4-5-13(18)16-10-11-6-8-12(9-7-11)14(15)17-19/h6-9,19H,2-5,10H2,1H3,(H2,15,17)(H,16,18). The topological polar surface area (TPSA) is 87.7 Å². The first-order chi connectivity index (χ1) is 9.17. The molecular formula is C14H21N3O2. The largest absolute Gasteiger partial charge is 0.409 e. The van der Waals surface area contributed by atoms with Gasteiger partial charge < -0.3 is 16.3 Å². The third-order valence-electron chi connectivity index (χ3n) is 2.85. The maximum Gasteiger partial charge on any atom is 0.220 e. The van der Waals surface area contributed by atoms with Crippen LogP contribution in [0.2, 0.25) is 0 Å². The predicted octanol–water partition coefficient (Wildman–Crippen LogP) is 1.98. The number of nitrogens with one attached hydrogen (secondary N) is 1. The van der Waals surface area contributed by atoms with Gasteiger partial charge in [-0.05, 0) is 12.0 Å². The second-order valence-corrected chi connectivity index (χ2v) is 4.42. The maximum atomic E-state index is 11.5. The molecule has 0 bridgehead atoms. The average Bonchev–Trinajstić information content (AvgIpc) is 2.45. The summed E-state index contributed by atoms with van der Waals surface area (Å²) >= 11 is 0. The van der Waals surface area contributed by atoms with Gasteiger partial charge in [-0.1, -0.05) is 49.2 Å². The summed E-state index contributed by atoms with van der Waals surface area (Å²) in [6.07, 6.45) is 3.71. The van der Waals surface area contributed by atoms with Crippen LogP contribution in [-0.4, -0.2) is 17.0 Å². The van der Waals surface area contributed by atoms with Crippen molar-refractivity contribution in [1.82, 2.24) is 5.32 Å². The van der Waals surface area contributed by atoms with Crippen LogP contribution in [-0.2, 0) is 11.3 Å². The van der Waals surface area contributed by atoms with Gasteiger partial charge in [0.25, 0.3) is 0 Å². The SMILES string of the molecule is CCCCCC(=O)NCc1ccc(C(N)=NO)cc1. The Kier molecular flexibility index (Phi) is 6.43. The quantitative estimate of drug-likeness (QED) is 0.231. The van der Waals surface area contributed by atoms with Gasteiger partial charge in [0, 0.05) is 18.5 Å². The molecule has 0 heterocycles.